The second-order valence-corrected chi connectivity index (χ2v) is 6.36. The molecule has 1 aromatic rings. The number of carbonyl (C=O) groups is 1. The number of rotatable bonds is 5. The van der Waals surface area contributed by atoms with E-state index in [1.165, 1.54) is 19.3 Å². The number of halogens is 1. The first kappa shape index (κ1) is 17.1. The zero-order chi connectivity index (χ0) is 15.9. The first-order chi connectivity index (χ1) is 10.6. The molecule has 1 N–H and O–H groups in total. The van der Waals surface area contributed by atoms with Gasteiger partial charge in [-0.2, -0.15) is 0 Å². The summed E-state index contributed by atoms with van der Waals surface area (Å²) in [4.78, 5) is 16.7. The molecule has 2 amide bonds. The molecule has 122 valence electrons. The maximum absolute atomic E-state index is 12.4. The summed E-state index contributed by atoms with van der Waals surface area (Å²) >= 11 is 5.99. The Kier molecular flexibility index (Phi) is 6.52. The zero-order valence-corrected chi connectivity index (χ0v) is 14.3. The van der Waals surface area contributed by atoms with Gasteiger partial charge < -0.3 is 10.2 Å². The highest BCUT2D eigenvalue weighted by Crippen LogP contribution is 2.20. The fourth-order valence-corrected chi connectivity index (χ4v) is 2.86. The molecule has 4 nitrogen and oxygen atoms in total. The minimum absolute atomic E-state index is 0.0291. The second kappa shape index (κ2) is 8.39. The largest absolute Gasteiger partial charge is 0.322 e. The number of unbranched alkanes of at least 4 members (excludes halogenated alkanes) is 2. The van der Waals surface area contributed by atoms with Crippen LogP contribution in [0.3, 0.4) is 0 Å². The fraction of sp³-hybridized carbons (Fsp3) is 0.588. The predicted octanol–water partition coefficient (Wildman–Crippen LogP) is 3.99. The zero-order valence-electron chi connectivity index (χ0n) is 13.6. The van der Waals surface area contributed by atoms with E-state index in [1.807, 2.05) is 24.0 Å². The van der Waals surface area contributed by atoms with Gasteiger partial charge in [-0.3, -0.25) is 4.90 Å². The summed E-state index contributed by atoms with van der Waals surface area (Å²) in [5.74, 6) is 0. The van der Waals surface area contributed by atoms with Crippen molar-refractivity contribution in [3.63, 3.8) is 0 Å². The molecule has 0 bridgehead atoms. The summed E-state index contributed by atoms with van der Waals surface area (Å²) in [6.45, 7) is 8.85. The highest BCUT2D eigenvalue weighted by atomic mass is 35.5. The number of anilines is 1. The third-order valence-electron chi connectivity index (χ3n) is 4.18. The maximum atomic E-state index is 12.4. The molecule has 0 spiro atoms. The van der Waals surface area contributed by atoms with Crippen LogP contribution in [0.2, 0.25) is 5.02 Å². The number of carbonyl (C=O) groups excluding carboxylic acids is 1. The normalized spacial score (nSPS) is 15.9. The number of hydrogen-bond acceptors (Lipinski definition) is 2. The SMILES string of the molecule is CCCCCN1CCN(C(=O)Nc2cc(Cl)ccc2C)CC1. The lowest BCUT2D eigenvalue weighted by molar-refractivity contribution is 0.146. The van der Waals surface area contributed by atoms with Crippen LogP contribution in [0.15, 0.2) is 18.2 Å². The van der Waals surface area contributed by atoms with Crippen LogP contribution < -0.4 is 5.32 Å². The Hall–Kier alpha value is -1.26. The molecule has 1 aliphatic heterocycles. The first-order valence-corrected chi connectivity index (χ1v) is 8.52. The van der Waals surface area contributed by atoms with Gasteiger partial charge in [0.1, 0.15) is 0 Å². The Morgan fingerprint density at radius 1 is 1.23 bits per heavy atom. The van der Waals surface area contributed by atoms with Crippen molar-refractivity contribution in [2.45, 2.75) is 33.1 Å². The maximum Gasteiger partial charge on any atom is 0.321 e. The van der Waals surface area contributed by atoms with Gasteiger partial charge in [-0.1, -0.05) is 37.4 Å². The van der Waals surface area contributed by atoms with Gasteiger partial charge in [0.15, 0.2) is 0 Å². The molecular formula is C17H26ClN3O. The molecule has 0 aromatic heterocycles. The number of aryl methyl sites for hydroxylation is 1. The third-order valence-corrected chi connectivity index (χ3v) is 4.41. The van der Waals surface area contributed by atoms with Crippen LogP contribution >= 0.6 is 11.6 Å². The summed E-state index contributed by atoms with van der Waals surface area (Å²) in [6, 6.07) is 5.53. The van der Waals surface area contributed by atoms with Crippen LogP contribution in [0.1, 0.15) is 31.7 Å². The molecule has 0 atom stereocenters. The third kappa shape index (κ3) is 4.89. The average Bonchev–Trinajstić information content (AvgIpc) is 2.52. The number of piperazine rings is 1. The molecule has 1 fully saturated rings. The lowest BCUT2D eigenvalue weighted by atomic mass is 10.2. The predicted molar refractivity (Wildman–Crippen MR) is 92.7 cm³/mol. The average molecular weight is 324 g/mol. The Morgan fingerprint density at radius 2 is 1.95 bits per heavy atom. The molecule has 1 aliphatic rings. The van der Waals surface area contributed by atoms with Crippen molar-refractivity contribution in [2.75, 3.05) is 38.0 Å². The van der Waals surface area contributed by atoms with Gasteiger partial charge in [0.2, 0.25) is 0 Å². The minimum atomic E-state index is -0.0291. The Morgan fingerprint density at radius 3 is 2.64 bits per heavy atom. The van der Waals surface area contributed by atoms with Gasteiger partial charge in [-0.15, -0.1) is 0 Å². The number of nitrogens with zero attached hydrogens (tertiary/aromatic N) is 2. The van der Waals surface area contributed by atoms with E-state index in [-0.39, 0.29) is 6.03 Å². The smallest absolute Gasteiger partial charge is 0.321 e. The second-order valence-electron chi connectivity index (χ2n) is 5.93. The van der Waals surface area contributed by atoms with Crippen molar-refractivity contribution in [3.8, 4) is 0 Å². The quantitative estimate of drug-likeness (QED) is 0.832. The van der Waals surface area contributed by atoms with E-state index < -0.39 is 0 Å². The summed E-state index contributed by atoms with van der Waals surface area (Å²) in [6.07, 6.45) is 3.79. The number of amides is 2. The molecular weight excluding hydrogens is 298 g/mol. The number of urea groups is 1. The van der Waals surface area contributed by atoms with Crippen molar-refractivity contribution < 1.29 is 4.79 Å². The van der Waals surface area contributed by atoms with Crippen LogP contribution in [0.4, 0.5) is 10.5 Å². The van der Waals surface area contributed by atoms with Crippen molar-refractivity contribution in [3.05, 3.63) is 28.8 Å². The van der Waals surface area contributed by atoms with E-state index in [0.29, 0.717) is 5.02 Å². The van der Waals surface area contributed by atoms with E-state index in [1.54, 1.807) is 6.07 Å². The standard InChI is InChI=1S/C17H26ClN3O/c1-3-4-5-8-20-9-11-21(12-10-20)17(22)19-16-13-15(18)7-6-14(16)2/h6-7,13H,3-5,8-12H2,1-2H3,(H,19,22). The van der Waals surface area contributed by atoms with E-state index in [0.717, 1.165) is 44.0 Å². The number of benzene rings is 1. The van der Waals surface area contributed by atoms with Crippen LogP contribution in [0.5, 0.6) is 0 Å². The van der Waals surface area contributed by atoms with Gasteiger partial charge in [0.25, 0.3) is 0 Å². The lowest BCUT2D eigenvalue weighted by Crippen LogP contribution is -2.50. The van der Waals surface area contributed by atoms with Gasteiger partial charge >= 0.3 is 6.03 Å². The van der Waals surface area contributed by atoms with Crippen LogP contribution in [-0.4, -0.2) is 48.6 Å². The summed E-state index contributed by atoms with van der Waals surface area (Å²) < 4.78 is 0. The van der Waals surface area contributed by atoms with E-state index in [2.05, 4.69) is 17.1 Å². The molecule has 1 heterocycles. The van der Waals surface area contributed by atoms with Crippen molar-refractivity contribution in [1.82, 2.24) is 9.80 Å². The Balaban J connectivity index is 1.81. The van der Waals surface area contributed by atoms with E-state index in [9.17, 15) is 4.79 Å². The molecule has 0 radical (unpaired) electrons. The topological polar surface area (TPSA) is 35.6 Å². The summed E-state index contributed by atoms with van der Waals surface area (Å²) in [7, 11) is 0. The van der Waals surface area contributed by atoms with Gasteiger partial charge in [0, 0.05) is 36.9 Å². The highest BCUT2D eigenvalue weighted by molar-refractivity contribution is 6.31. The molecule has 22 heavy (non-hydrogen) atoms. The van der Waals surface area contributed by atoms with Crippen LogP contribution in [-0.2, 0) is 0 Å². The molecule has 0 unspecified atom stereocenters. The van der Waals surface area contributed by atoms with Gasteiger partial charge in [0.05, 0.1) is 0 Å². The van der Waals surface area contributed by atoms with Crippen LogP contribution in [0, 0.1) is 6.92 Å². The van der Waals surface area contributed by atoms with Crippen molar-refractivity contribution >= 4 is 23.3 Å². The Bertz CT molecular complexity index is 499. The monoisotopic (exact) mass is 323 g/mol. The lowest BCUT2D eigenvalue weighted by Gasteiger charge is -2.34. The summed E-state index contributed by atoms with van der Waals surface area (Å²) in [5, 5.41) is 3.61. The van der Waals surface area contributed by atoms with Crippen LogP contribution in [0.25, 0.3) is 0 Å². The molecule has 5 heteroatoms. The molecule has 2 rings (SSSR count). The van der Waals surface area contributed by atoms with E-state index in [4.69, 9.17) is 11.6 Å². The Labute approximate surface area is 138 Å². The minimum Gasteiger partial charge on any atom is -0.322 e. The van der Waals surface area contributed by atoms with Gasteiger partial charge in [-0.05, 0) is 37.6 Å². The first-order valence-electron chi connectivity index (χ1n) is 8.14. The highest BCUT2D eigenvalue weighted by Gasteiger charge is 2.21. The summed E-state index contributed by atoms with van der Waals surface area (Å²) in [5.41, 5.74) is 1.82. The molecule has 1 aromatic carbocycles. The van der Waals surface area contributed by atoms with Gasteiger partial charge in [-0.25, -0.2) is 4.79 Å². The van der Waals surface area contributed by atoms with Crippen molar-refractivity contribution in [2.24, 2.45) is 0 Å². The van der Waals surface area contributed by atoms with Crippen molar-refractivity contribution in [1.29, 1.82) is 0 Å². The number of nitrogens with one attached hydrogen (secondary N) is 1. The molecule has 0 saturated carbocycles. The number of hydrogen-bond donors (Lipinski definition) is 1. The fourth-order valence-electron chi connectivity index (χ4n) is 2.68. The molecule has 0 aliphatic carbocycles. The van der Waals surface area contributed by atoms with E-state index >= 15 is 0 Å². The molecule has 1 saturated heterocycles.